The minimum Gasteiger partial charge on any atom is -0.366 e. The first-order valence-corrected chi connectivity index (χ1v) is 6.85. The SMILES string of the molecule is Cc1cccc(F)c1NS(=O)(=O)c1c[nH]ccc1=O. The lowest BCUT2D eigenvalue weighted by Crippen LogP contribution is -2.21. The standard InChI is InChI=1S/C12H11FN2O3S/c1-8-3-2-4-9(13)12(8)15-19(17,18)11-7-14-6-5-10(11)16/h2-7,15H,1H3,(H,14,16). The molecule has 19 heavy (non-hydrogen) atoms. The van der Waals surface area contributed by atoms with Crippen molar-refractivity contribution in [3.63, 3.8) is 0 Å². The van der Waals surface area contributed by atoms with E-state index in [4.69, 9.17) is 0 Å². The summed E-state index contributed by atoms with van der Waals surface area (Å²) in [4.78, 5) is 13.5. The highest BCUT2D eigenvalue weighted by Crippen LogP contribution is 2.21. The molecule has 0 saturated carbocycles. The molecule has 0 bridgehead atoms. The Balaban J connectivity index is 2.49. The number of hydrogen-bond acceptors (Lipinski definition) is 3. The quantitative estimate of drug-likeness (QED) is 0.898. The number of aromatic amines is 1. The van der Waals surface area contributed by atoms with Gasteiger partial charge in [0.15, 0.2) is 4.90 Å². The highest BCUT2D eigenvalue weighted by atomic mass is 32.2. The molecule has 100 valence electrons. The molecule has 0 atom stereocenters. The third-order valence-corrected chi connectivity index (χ3v) is 3.91. The van der Waals surface area contributed by atoms with Gasteiger partial charge in [0.25, 0.3) is 10.0 Å². The highest BCUT2D eigenvalue weighted by molar-refractivity contribution is 7.92. The van der Waals surface area contributed by atoms with Crippen LogP contribution in [0.15, 0.2) is 46.3 Å². The number of hydrogen-bond donors (Lipinski definition) is 2. The minimum atomic E-state index is -4.12. The molecule has 1 aromatic heterocycles. The van der Waals surface area contributed by atoms with Gasteiger partial charge >= 0.3 is 0 Å². The van der Waals surface area contributed by atoms with Crippen molar-refractivity contribution in [1.29, 1.82) is 0 Å². The van der Waals surface area contributed by atoms with Gasteiger partial charge in [-0.15, -0.1) is 0 Å². The zero-order valence-corrected chi connectivity index (χ0v) is 10.8. The van der Waals surface area contributed by atoms with Gasteiger partial charge in [-0.05, 0) is 18.6 Å². The van der Waals surface area contributed by atoms with Gasteiger partial charge in [0.1, 0.15) is 5.82 Å². The van der Waals surface area contributed by atoms with E-state index in [9.17, 15) is 17.6 Å². The van der Waals surface area contributed by atoms with Crippen LogP contribution >= 0.6 is 0 Å². The summed E-state index contributed by atoms with van der Waals surface area (Å²) >= 11 is 0. The lowest BCUT2D eigenvalue weighted by Gasteiger charge is -2.10. The number of rotatable bonds is 3. The second-order valence-electron chi connectivity index (χ2n) is 3.91. The third kappa shape index (κ3) is 2.65. The van der Waals surface area contributed by atoms with Gasteiger partial charge in [-0.3, -0.25) is 9.52 Å². The number of halogens is 1. The summed E-state index contributed by atoms with van der Waals surface area (Å²) in [5, 5.41) is 0. The van der Waals surface area contributed by atoms with Crippen LogP contribution in [0, 0.1) is 12.7 Å². The molecule has 2 aromatic rings. The van der Waals surface area contributed by atoms with Crippen LogP contribution in [-0.4, -0.2) is 13.4 Å². The maximum atomic E-state index is 13.6. The monoisotopic (exact) mass is 282 g/mol. The van der Waals surface area contributed by atoms with E-state index in [2.05, 4.69) is 9.71 Å². The summed E-state index contributed by atoms with van der Waals surface area (Å²) in [6.07, 6.45) is 2.37. The number of pyridine rings is 1. The molecule has 1 aromatic carbocycles. The summed E-state index contributed by atoms with van der Waals surface area (Å²) < 4.78 is 39.7. The molecule has 0 spiro atoms. The van der Waals surface area contributed by atoms with Crippen molar-refractivity contribution < 1.29 is 12.8 Å². The molecule has 0 amide bonds. The number of H-pyrrole nitrogens is 1. The molecule has 0 aliphatic rings. The van der Waals surface area contributed by atoms with Crippen LogP contribution < -0.4 is 10.2 Å². The Kier molecular flexibility index (Phi) is 3.39. The fourth-order valence-corrected chi connectivity index (χ4v) is 2.75. The minimum absolute atomic E-state index is 0.161. The number of nitrogens with one attached hydrogen (secondary N) is 2. The smallest absolute Gasteiger partial charge is 0.267 e. The van der Waals surface area contributed by atoms with E-state index in [1.165, 1.54) is 12.3 Å². The largest absolute Gasteiger partial charge is 0.366 e. The van der Waals surface area contributed by atoms with Gasteiger partial charge in [-0.25, -0.2) is 12.8 Å². The molecule has 0 radical (unpaired) electrons. The molecule has 2 N–H and O–H groups in total. The Morgan fingerprint density at radius 2 is 2.00 bits per heavy atom. The van der Waals surface area contributed by atoms with Gasteiger partial charge in [0.2, 0.25) is 5.43 Å². The Morgan fingerprint density at radius 3 is 2.63 bits per heavy atom. The Hall–Kier alpha value is -2.15. The Morgan fingerprint density at radius 1 is 1.26 bits per heavy atom. The maximum absolute atomic E-state index is 13.6. The molecule has 1 heterocycles. The van der Waals surface area contributed by atoms with Gasteiger partial charge < -0.3 is 4.98 Å². The van der Waals surface area contributed by atoms with E-state index >= 15 is 0 Å². The topological polar surface area (TPSA) is 79.0 Å². The third-order valence-electron chi connectivity index (χ3n) is 2.54. The lowest BCUT2D eigenvalue weighted by molar-refractivity contribution is 0.597. The highest BCUT2D eigenvalue weighted by Gasteiger charge is 2.20. The molecule has 0 unspecified atom stereocenters. The number of aromatic nitrogens is 1. The van der Waals surface area contributed by atoms with Crippen LogP contribution in [0.3, 0.4) is 0 Å². The van der Waals surface area contributed by atoms with Crippen LogP contribution in [0.2, 0.25) is 0 Å². The average molecular weight is 282 g/mol. The fraction of sp³-hybridized carbons (Fsp3) is 0.0833. The van der Waals surface area contributed by atoms with Gasteiger partial charge in [0, 0.05) is 18.5 Å². The van der Waals surface area contributed by atoms with E-state index in [1.54, 1.807) is 13.0 Å². The van der Waals surface area contributed by atoms with Gasteiger partial charge in [-0.2, -0.15) is 0 Å². The molecule has 5 nitrogen and oxygen atoms in total. The fourth-order valence-electron chi connectivity index (χ4n) is 1.56. The zero-order chi connectivity index (χ0) is 14.0. The first-order chi connectivity index (χ1) is 8.92. The maximum Gasteiger partial charge on any atom is 0.267 e. The molecular weight excluding hydrogens is 271 g/mol. The van der Waals surface area contributed by atoms with E-state index in [-0.39, 0.29) is 5.69 Å². The van der Waals surface area contributed by atoms with Crippen molar-refractivity contribution in [2.75, 3.05) is 4.72 Å². The number of anilines is 1. The van der Waals surface area contributed by atoms with Gasteiger partial charge in [0.05, 0.1) is 5.69 Å². The number of para-hydroxylation sites is 1. The van der Waals surface area contributed by atoms with Gasteiger partial charge in [-0.1, -0.05) is 12.1 Å². The summed E-state index contributed by atoms with van der Waals surface area (Å²) in [6.45, 7) is 1.57. The normalized spacial score (nSPS) is 11.3. The number of benzene rings is 1. The number of aryl methyl sites for hydroxylation is 1. The summed E-state index contributed by atoms with van der Waals surface area (Å²) in [7, 11) is -4.12. The second kappa shape index (κ2) is 4.85. The second-order valence-corrected chi connectivity index (χ2v) is 5.56. The lowest BCUT2D eigenvalue weighted by atomic mass is 10.2. The summed E-state index contributed by atoms with van der Waals surface area (Å²) in [5.74, 6) is -0.698. The van der Waals surface area contributed by atoms with Crippen molar-refractivity contribution in [1.82, 2.24) is 4.98 Å². The van der Waals surface area contributed by atoms with Crippen molar-refractivity contribution in [3.8, 4) is 0 Å². The first-order valence-electron chi connectivity index (χ1n) is 5.37. The van der Waals surface area contributed by atoms with Crippen molar-refractivity contribution >= 4 is 15.7 Å². The summed E-state index contributed by atoms with van der Waals surface area (Å²) in [6, 6.07) is 5.26. The van der Waals surface area contributed by atoms with Crippen molar-refractivity contribution in [2.24, 2.45) is 0 Å². The van der Waals surface area contributed by atoms with Crippen molar-refractivity contribution in [3.05, 3.63) is 58.3 Å². The van der Waals surface area contributed by atoms with E-state index < -0.39 is 26.2 Å². The Bertz CT molecular complexity index is 748. The van der Waals surface area contributed by atoms with Crippen LogP contribution in [0.1, 0.15) is 5.56 Å². The van der Waals surface area contributed by atoms with E-state index in [1.807, 2.05) is 0 Å². The summed E-state index contributed by atoms with van der Waals surface area (Å²) in [5.41, 5.74) is -0.401. The van der Waals surface area contributed by atoms with Crippen LogP contribution in [0.25, 0.3) is 0 Å². The van der Waals surface area contributed by atoms with Crippen molar-refractivity contribution in [2.45, 2.75) is 11.8 Å². The molecular formula is C12H11FN2O3S. The van der Waals surface area contributed by atoms with E-state index in [0.717, 1.165) is 18.3 Å². The van der Waals surface area contributed by atoms with E-state index in [0.29, 0.717) is 5.56 Å². The first kappa shape index (κ1) is 13.3. The predicted molar refractivity (Wildman–Crippen MR) is 69.0 cm³/mol. The zero-order valence-electron chi connectivity index (χ0n) is 9.98. The molecule has 0 fully saturated rings. The van der Waals surface area contributed by atoms with Crippen LogP contribution in [0.4, 0.5) is 10.1 Å². The molecule has 2 rings (SSSR count). The van der Waals surface area contributed by atoms with Crippen LogP contribution in [-0.2, 0) is 10.0 Å². The Labute approximate surface area is 109 Å². The molecule has 7 heteroatoms. The average Bonchev–Trinajstić information content (AvgIpc) is 2.34. The van der Waals surface area contributed by atoms with Crippen LogP contribution in [0.5, 0.6) is 0 Å². The molecule has 0 aliphatic carbocycles. The molecule has 0 aliphatic heterocycles. The molecule has 0 saturated heterocycles. The number of sulfonamides is 1. The predicted octanol–water partition coefficient (Wildman–Crippen LogP) is 1.62.